The molecule has 0 aliphatic rings. The molecule has 20 heavy (non-hydrogen) atoms. The molecule has 106 valence electrons. The van der Waals surface area contributed by atoms with Crippen LogP contribution in [-0.2, 0) is 6.54 Å². The van der Waals surface area contributed by atoms with Crippen molar-refractivity contribution in [3.05, 3.63) is 47.3 Å². The predicted octanol–water partition coefficient (Wildman–Crippen LogP) is 3.86. The van der Waals surface area contributed by atoms with Crippen LogP contribution in [0.5, 0.6) is 5.75 Å². The van der Waals surface area contributed by atoms with E-state index in [1.165, 1.54) is 11.3 Å². The van der Waals surface area contributed by atoms with Crippen LogP contribution < -0.4 is 15.4 Å². The van der Waals surface area contributed by atoms with Gasteiger partial charge in [-0.3, -0.25) is 5.32 Å². The number of urea groups is 1. The molecule has 0 unspecified atom stereocenters. The number of carbonyl (C=O) groups is 1. The molecule has 0 spiro atoms. The van der Waals surface area contributed by atoms with Gasteiger partial charge in [-0.05, 0) is 41.6 Å². The molecule has 0 saturated carbocycles. The molecule has 0 atom stereocenters. The van der Waals surface area contributed by atoms with Crippen molar-refractivity contribution in [2.45, 2.75) is 19.9 Å². The number of benzene rings is 1. The fraction of sp³-hybridized carbons (Fsp3) is 0.267. The maximum absolute atomic E-state index is 11.7. The maximum atomic E-state index is 11.7. The Kier molecular flexibility index (Phi) is 5.43. The third kappa shape index (κ3) is 4.59. The molecule has 0 saturated heterocycles. The number of carbonyl (C=O) groups excluding carboxylic acids is 1. The largest absolute Gasteiger partial charge is 0.494 e. The lowest BCUT2D eigenvalue weighted by Gasteiger charge is -2.08. The first kappa shape index (κ1) is 14.4. The first-order valence-electron chi connectivity index (χ1n) is 6.58. The summed E-state index contributed by atoms with van der Waals surface area (Å²) in [4.78, 5) is 11.7. The fourth-order valence-corrected chi connectivity index (χ4v) is 2.22. The Morgan fingerprint density at radius 2 is 2.05 bits per heavy atom. The number of thiophene rings is 1. The summed E-state index contributed by atoms with van der Waals surface area (Å²) in [5.74, 6) is 0.860. The highest BCUT2D eigenvalue weighted by atomic mass is 32.1. The second kappa shape index (κ2) is 7.55. The number of hydrogen-bond donors (Lipinski definition) is 2. The lowest BCUT2D eigenvalue weighted by Crippen LogP contribution is -2.27. The Morgan fingerprint density at radius 1 is 1.25 bits per heavy atom. The quantitative estimate of drug-likeness (QED) is 0.848. The van der Waals surface area contributed by atoms with Gasteiger partial charge in [0.2, 0.25) is 0 Å². The minimum Gasteiger partial charge on any atom is -0.494 e. The smallest absolute Gasteiger partial charge is 0.320 e. The number of ether oxygens (including phenoxy) is 1. The molecule has 0 radical (unpaired) electrons. The molecule has 2 rings (SSSR count). The van der Waals surface area contributed by atoms with Gasteiger partial charge in [0.25, 0.3) is 0 Å². The van der Waals surface area contributed by atoms with E-state index in [1.54, 1.807) is 0 Å². The highest BCUT2D eigenvalue weighted by Gasteiger charge is 2.02. The van der Waals surface area contributed by atoms with E-state index in [1.807, 2.05) is 41.8 Å². The summed E-state index contributed by atoms with van der Waals surface area (Å²) < 4.78 is 5.51. The van der Waals surface area contributed by atoms with Crippen LogP contribution in [0.1, 0.15) is 18.9 Å². The molecule has 0 aliphatic heterocycles. The van der Waals surface area contributed by atoms with E-state index in [0.717, 1.165) is 29.3 Å². The van der Waals surface area contributed by atoms with Crippen molar-refractivity contribution in [2.75, 3.05) is 11.9 Å². The minimum atomic E-state index is -0.196. The number of amides is 2. The first-order valence-corrected chi connectivity index (χ1v) is 7.46. The van der Waals surface area contributed by atoms with E-state index in [-0.39, 0.29) is 6.03 Å². The van der Waals surface area contributed by atoms with Crippen LogP contribution in [0.3, 0.4) is 0 Å². The SMILES string of the molecule is CCCOc1ccc(CNC(=O)Nc2cccs2)cc1. The van der Waals surface area contributed by atoms with Gasteiger partial charge in [0.1, 0.15) is 5.75 Å². The van der Waals surface area contributed by atoms with Crippen molar-refractivity contribution in [2.24, 2.45) is 0 Å². The van der Waals surface area contributed by atoms with E-state index in [9.17, 15) is 4.79 Å². The number of anilines is 1. The van der Waals surface area contributed by atoms with Crippen molar-refractivity contribution in [1.82, 2.24) is 5.32 Å². The van der Waals surface area contributed by atoms with Crippen molar-refractivity contribution in [3.8, 4) is 5.75 Å². The molecule has 2 N–H and O–H groups in total. The van der Waals surface area contributed by atoms with Crippen LogP contribution in [0.25, 0.3) is 0 Å². The highest BCUT2D eigenvalue weighted by molar-refractivity contribution is 7.14. The summed E-state index contributed by atoms with van der Waals surface area (Å²) in [5.41, 5.74) is 1.04. The monoisotopic (exact) mass is 290 g/mol. The van der Waals surface area contributed by atoms with Gasteiger partial charge in [0.15, 0.2) is 0 Å². The standard InChI is InChI=1S/C15H18N2O2S/c1-2-9-19-13-7-5-12(6-8-13)11-16-15(18)17-14-4-3-10-20-14/h3-8,10H,2,9,11H2,1H3,(H2,16,17,18). The van der Waals surface area contributed by atoms with Gasteiger partial charge >= 0.3 is 6.03 Å². The van der Waals surface area contributed by atoms with Crippen molar-refractivity contribution < 1.29 is 9.53 Å². The van der Waals surface area contributed by atoms with Crippen LogP contribution >= 0.6 is 11.3 Å². The van der Waals surface area contributed by atoms with Crippen LogP contribution in [0.4, 0.5) is 9.80 Å². The van der Waals surface area contributed by atoms with Gasteiger partial charge in [-0.1, -0.05) is 19.1 Å². The Labute approximate surface area is 122 Å². The first-order chi connectivity index (χ1) is 9.78. The number of nitrogens with one attached hydrogen (secondary N) is 2. The van der Waals surface area contributed by atoms with E-state index in [2.05, 4.69) is 17.6 Å². The summed E-state index contributed by atoms with van der Waals surface area (Å²) >= 11 is 1.49. The molecule has 0 bridgehead atoms. The van der Waals surface area contributed by atoms with E-state index in [0.29, 0.717) is 6.54 Å². The summed E-state index contributed by atoms with van der Waals surface area (Å²) in [6, 6.07) is 11.3. The molecule has 0 fully saturated rings. The van der Waals surface area contributed by atoms with Crippen LogP contribution in [0.15, 0.2) is 41.8 Å². The molecule has 1 aromatic heterocycles. The number of rotatable bonds is 6. The molecular formula is C15H18N2O2S. The summed E-state index contributed by atoms with van der Waals surface area (Å²) in [6.07, 6.45) is 0.992. The fourth-order valence-electron chi connectivity index (χ4n) is 1.61. The van der Waals surface area contributed by atoms with E-state index in [4.69, 9.17) is 4.74 Å². The normalized spacial score (nSPS) is 10.1. The topological polar surface area (TPSA) is 50.4 Å². The molecule has 4 nitrogen and oxygen atoms in total. The average Bonchev–Trinajstić information content (AvgIpc) is 2.97. The predicted molar refractivity (Wildman–Crippen MR) is 82.4 cm³/mol. The van der Waals surface area contributed by atoms with E-state index >= 15 is 0 Å². The Bertz CT molecular complexity index is 523. The highest BCUT2D eigenvalue weighted by Crippen LogP contribution is 2.15. The van der Waals surface area contributed by atoms with Crippen LogP contribution in [0.2, 0.25) is 0 Å². The minimum absolute atomic E-state index is 0.196. The Hall–Kier alpha value is -2.01. The van der Waals surface area contributed by atoms with E-state index < -0.39 is 0 Å². The van der Waals surface area contributed by atoms with Crippen molar-refractivity contribution >= 4 is 22.4 Å². The van der Waals surface area contributed by atoms with Crippen molar-refractivity contribution in [1.29, 1.82) is 0 Å². The van der Waals surface area contributed by atoms with Gasteiger partial charge in [-0.2, -0.15) is 0 Å². The average molecular weight is 290 g/mol. The van der Waals surface area contributed by atoms with Gasteiger partial charge in [0.05, 0.1) is 11.6 Å². The lowest BCUT2D eigenvalue weighted by molar-refractivity contribution is 0.252. The van der Waals surface area contributed by atoms with Crippen LogP contribution in [0, 0.1) is 0 Å². The van der Waals surface area contributed by atoms with Crippen LogP contribution in [-0.4, -0.2) is 12.6 Å². The molecule has 2 aromatic rings. The molecule has 0 aliphatic carbocycles. The zero-order valence-corrected chi connectivity index (χ0v) is 12.2. The molecule has 1 aromatic carbocycles. The summed E-state index contributed by atoms with van der Waals surface area (Å²) in [7, 11) is 0. The van der Waals surface area contributed by atoms with Gasteiger partial charge in [-0.15, -0.1) is 11.3 Å². The third-order valence-corrected chi connectivity index (χ3v) is 3.39. The maximum Gasteiger partial charge on any atom is 0.320 e. The molecule has 1 heterocycles. The Balaban J connectivity index is 1.77. The Morgan fingerprint density at radius 3 is 2.70 bits per heavy atom. The van der Waals surface area contributed by atoms with Gasteiger partial charge in [-0.25, -0.2) is 4.79 Å². The second-order valence-corrected chi connectivity index (χ2v) is 5.23. The van der Waals surface area contributed by atoms with Gasteiger partial charge in [0, 0.05) is 6.54 Å². The zero-order chi connectivity index (χ0) is 14.2. The number of hydrogen-bond acceptors (Lipinski definition) is 3. The second-order valence-electron chi connectivity index (χ2n) is 4.28. The zero-order valence-electron chi connectivity index (χ0n) is 11.4. The third-order valence-electron chi connectivity index (χ3n) is 2.61. The molecular weight excluding hydrogens is 272 g/mol. The van der Waals surface area contributed by atoms with Crippen molar-refractivity contribution in [3.63, 3.8) is 0 Å². The lowest BCUT2D eigenvalue weighted by atomic mass is 10.2. The van der Waals surface area contributed by atoms with Gasteiger partial charge < -0.3 is 10.1 Å². The molecule has 2 amide bonds. The summed E-state index contributed by atoms with van der Waals surface area (Å²) in [5, 5.41) is 8.35. The summed E-state index contributed by atoms with van der Waals surface area (Å²) in [6.45, 7) is 3.29. The molecule has 5 heteroatoms.